The van der Waals surface area contributed by atoms with Crippen molar-refractivity contribution in [2.24, 2.45) is 0 Å². The van der Waals surface area contributed by atoms with E-state index in [1.807, 2.05) is 37.3 Å². The molecule has 1 aliphatic rings. The normalized spacial score (nSPS) is 20.0. The van der Waals surface area contributed by atoms with Crippen LogP contribution in [-0.2, 0) is 16.9 Å². The number of imide groups is 1. The van der Waals surface area contributed by atoms with Crippen LogP contribution in [0.5, 0.6) is 0 Å². The van der Waals surface area contributed by atoms with Crippen LogP contribution in [0.2, 0.25) is 5.02 Å². The molecule has 4 nitrogen and oxygen atoms in total. The van der Waals surface area contributed by atoms with Crippen molar-refractivity contribution in [2.75, 3.05) is 0 Å². The Kier molecular flexibility index (Phi) is 4.77. The fraction of sp³-hybridized carbons (Fsp3) is 0.263. The Bertz CT molecular complexity index is 792. The molecule has 1 fully saturated rings. The highest BCUT2D eigenvalue weighted by molar-refractivity contribution is 6.31. The van der Waals surface area contributed by atoms with Crippen molar-refractivity contribution in [3.05, 3.63) is 70.5 Å². The predicted molar refractivity (Wildman–Crippen MR) is 93.5 cm³/mol. The summed E-state index contributed by atoms with van der Waals surface area (Å²) >= 11 is 6.04. The molecule has 0 radical (unpaired) electrons. The van der Waals surface area contributed by atoms with Gasteiger partial charge in [-0.15, -0.1) is 0 Å². The van der Waals surface area contributed by atoms with E-state index in [-0.39, 0.29) is 23.0 Å². The molecule has 2 aromatic rings. The number of carbonyl (C=O) groups is 2. The van der Waals surface area contributed by atoms with E-state index in [9.17, 15) is 14.0 Å². The van der Waals surface area contributed by atoms with Gasteiger partial charge in [0.1, 0.15) is 11.4 Å². The number of rotatable bonds is 5. The predicted octanol–water partition coefficient (Wildman–Crippen LogP) is 4.23. The van der Waals surface area contributed by atoms with Crippen molar-refractivity contribution in [1.29, 1.82) is 0 Å². The van der Waals surface area contributed by atoms with Crippen LogP contribution in [0.25, 0.3) is 0 Å². The molecule has 6 heteroatoms. The van der Waals surface area contributed by atoms with Crippen molar-refractivity contribution in [3.63, 3.8) is 0 Å². The minimum absolute atomic E-state index is 0.132. The summed E-state index contributed by atoms with van der Waals surface area (Å²) in [5.74, 6) is -0.925. The first-order valence-corrected chi connectivity index (χ1v) is 8.50. The van der Waals surface area contributed by atoms with E-state index >= 15 is 0 Å². The second-order valence-electron chi connectivity index (χ2n) is 6.04. The van der Waals surface area contributed by atoms with Crippen molar-refractivity contribution in [1.82, 2.24) is 10.2 Å². The Balaban J connectivity index is 1.98. The number of hydrogen-bond acceptors (Lipinski definition) is 2. The molecule has 1 heterocycles. The molecule has 25 heavy (non-hydrogen) atoms. The molecule has 0 saturated carbocycles. The molecule has 0 aromatic heterocycles. The van der Waals surface area contributed by atoms with Crippen LogP contribution in [0.15, 0.2) is 48.5 Å². The number of carbonyl (C=O) groups excluding carboxylic acids is 2. The lowest BCUT2D eigenvalue weighted by molar-refractivity contribution is -0.132. The summed E-state index contributed by atoms with van der Waals surface area (Å²) in [6.07, 6.45) is 1.16. The first kappa shape index (κ1) is 17.4. The minimum Gasteiger partial charge on any atom is -0.319 e. The molecule has 0 bridgehead atoms. The van der Waals surface area contributed by atoms with Gasteiger partial charge in [-0.05, 0) is 24.1 Å². The highest BCUT2D eigenvalue weighted by atomic mass is 35.5. The van der Waals surface area contributed by atoms with Crippen molar-refractivity contribution >= 4 is 23.5 Å². The number of nitrogens with zero attached hydrogens (tertiary/aromatic N) is 1. The third kappa shape index (κ3) is 3.00. The Morgan fingerprint density at radius 2 is 1.84 bits per heavy atom. The number of halogens is 2. The molecular weight excluding hydrogens is 343 g/mol. The number of benzene rings is 2. The van der Waals surface area contributed by atoms with Crippen LogP contribution in [-0.4, -0.2) is 16.8 Å². The maximum Gasteiger partial charge on any atom is 0.325 e. The summed E-state index contributed by atoms with van der Waals surface area (Å²) in [4.78, 5) is 26.7. The van der Waals surface area contributed by atoms with E-state index in [0.29, 0.717) is 12.8 Å². The zero-order valence-electron chi connectivity index (χ0n) is 13.8. The summed E-state index contributed by atoms with van der Waals surface area (Å²) in [6, 6.07) is 12.9. The van der Waals surface area contributed by atoms with Crippen LogP contribution in [0.1, 0.15) is 30.9 Å². The summed E-state index contributed by atoms with van der Waals surface area (Å²) in [6.45, 7) is 1.75. The maximum absolute atomic E-state index is 14.1. The summed E-state index contributed by atoms with van der Waals surface area (Å²) < 4.78 is 14.1. The van der Waals surface area contributed by atoms with E-state index in [0.717, 1.165) is 10.5 Å². The van der Waals surface area contributed by atoms with Crippen molar-refractivity contribution in [2.45, 2.75) is 31.8 Å². The molecule has 0 unspecified atom stereocenters. The highest BCUT2D eigenvalue weighted by Gasteiger charge is 2.51. The molecule has 3 amide bonds. The number of urea groups is 1. The second-order valence-corrected chi connectivity index (χ2v) is 6.45. The topological polar surface area (TPSA) is 49.4 Å². The third-order valence-corrected chi connectivity index (χ3v) is 4.80. The average Bonchev–Trinajstić information content (AvgIpc) is 2.84. The van der Waals surface area contributed by atoms with E-state index in [4.69, 9.17) is 11.6 Å². The van der Waals surface area contributed by atoms with Crippen LogP contribution in [0, 0.1) is 5.82 Å². The molecule has 1 N–H and O–H groups in total. The van der Waals surface area contributed by atoms with Crippen LogP contribution in [0.4, 0.5) is 9.18 Å². The van der Waals surface area contributed by atoms with Gasteiger partial charge in [-0.2, -0.15) is 0 Å². The van der Waals surface area contributed by atoms with Gasteiger partial charge >= 0.3 is 6.03 Å². The van der Waals surface area contributed by atoms with Gasteiger partial charge in [-0.3, -0.25) is 9.69 Å². The van der Waals surface area contributed by atoms with Crippen molar-refractivity contribution in [3.8, 4) is 0 Å². The van der Waals surface area contributed by atoms with E-state index in [2.05, 4.69) is 5.32 Å². The van der Waals surface area contributed by atoms with Gasteiger partial charge < -0.3 is 5.32 Å². The third-order valence-electron chi connectivity index (χ3n) is 4.45. The first-order chi connectivity index (χ1) is 12.0. The second kappa shape index (κ2) is 6.84. The summed E-state index contributed by atoms with van der Waals surface area (Å²) in [5.41, 5.74) is -0.268. The highest BCUT2D eigenvalue weighted by Crippen LogP contribution is 2.35. The minimum atomic E-state index is -1.12. The Morgan fingerprint density at radius 3 is 2.48 bits per heavy atom. The quantitative estimate of drug-likeness (QED) is 0.811. The lowest BCUT2D eigenvalue weighted by atomic mass is 9.85. The molecule has 1 aliphatic heterocycles. The zero-order chi connectivity index (χ0) is 18.0. The van der Waals surface area contributed by atoms with Gasteiger partial charge in [0.05, 0.1) is 6.54 Å². The Morgan fingerprint density at radius 1 is 1.12 bits per heavy atom. The standard InChI is InChI=1S/C19H18ClFN2O2/c1-2-11-19(13-7-4-3-5-8-13)17(24)23(18(25)22-19)12-14-15(20)9-6-10-16(14)21/h3-10H,2,11-12H2,1H3,(H,22,25)/t19-/m1/s1. The molecule has 1 saturated heterocycles. The monoisotopic (exact) mass is 360 g/mol. The Labute approximate surface area is 150 Å². The van der Waals surface area contributed by atoms with Gasteiger partial charge in [0.15, 0.2) is 0 Å². The molecule has 1 atom stereocenters. The molecular formula is C19H18ClFN2O2. The fourth-order valence-corrected chi connectivity index (χ4v) is 3.44. The summed E-state index contributed by atoms with van der Waals surface area (Å²) in [5, 5.41) is 3.00. The first-order valence-electron chi connectivity index (χ1n) is 8.12. The number of nitrogens with one attached hydrogen (secondary N) is 1. The van der Waals surface area contributed by atoms with Gasteiger partial charge in [0.25, 0.3) is 5.91 Å². The van der Waals surface area contributed by atoms with E-state index < -0.39 is 17.4 Å². The largest absolute Gasteiger partial charge is 0.325 e. The smallest absolute Gasteiger partial charge is 0.319 e. The zero-order valence-corrected chi connectivity index (χ0v) is 14.5. The fourth-order valence-electron chi connectivity index (χ4n) is 3.22. The van der Waals surface area contributed by atoms with E-state index in [1.54, 1.807) is 0 Å². The SMILES string of the molecule is CCC[C@]1(c2ccccc2)NC(=O)N(Cc2c(F)cccc2Cl)C1=O. The summed E-state index contributed by atoms with van der Waals surface area (Å²) in [7, 11) is 0. The molecule has 0 spiro atoms. The Hall–Kier alpha value is -2.40. The molecule has 130 valence electrons. The molecule has 0 aliphatic carbocycles. The average molecular weight is 361 g/mol. The van der Waals surface area contributed by atoms with Crippen LogP contribution >= 0.6 is 11.6 Å². The van der Waals surface area contributed by atoms with Gasteiger partial charge in [0.2, 0.25) is 0 Å². The van der Waals surface area contributed by atoms with Crippen molar-refractivity contribution < 1.29 is 14.0 Å². The van der Waals surface area contributed by atoms with Gasteiger partial charge in [0, 0.05) is 10.6 Å². The number of hydrogen-bond donors (Lipinski definition) is 1. The lowest BCUT2D eigenvalue weighted by Crippen LogP contribution is -2.43. The number of amides is 3. The van der Waals surface area contributed by atoms with Gasteiger partial charge in [-0.25, -0.2) is 9.18 Å². The van der Waals surface area contributed by atoms with E-state index in [1.165, 1.54) is 18.2 Å². The molecule has 3 rings (SSSR count). The van der Waals surface area contributed by atoms with Crippen LogP contribution < -0.4 is 5.32 Å². The van der Waals surface area contributed by atoms with Crippen LogP contribution in [0.3, 0.4) is 0 Å². The molecule has 2 aromatic carbocycles. The van der Waals surface area contributed by atoms with Gasteiger partial charge in [-0.1, -0.05) is 61.3 Å². The maximum atomic E-state index is 14.1. The lowest BCUT2D eigenvalue weighted by Gasteiger charge is -2.27.